The van der Waals surface area contributed by atoms with E-state index in [0.717, 1.165) is 52.9 Å². The largest absolute Gasteiger partial charge is 0.392 e. The highest BCUT2D eigenvalue weighted by atomic mass is 28.3. The molecule has 32 heavy (non-hydrogen) atoms. The Balaban J connectivity index is 1.69. The van der Waals surface area contributed by atoms with Gasteiger partial charge in [0.05, 0.1) is 31.6 Å². The van der Waals surface area contributed by atoms with Crippen molar-refractivity contribution in [1.29, 1.82) is 0 Å². The Morgan fingerprint density at radius 2 is 2.09 bits per heavy atom. The van der Waals surface area contributed by atoms with Gasteiger partial charge in [-0.1, -0.05) is 19.6 Å². The summed E-state index contributed by atoms with van der Waals surface area (Å²) < 4.78 is 13.4. The molecule has 0 spiro atoms. The number of aliphatic hydroxyl groups is 1. The molecule has 3 aromatic rings. The van der Waals surface area contributed by atoms with Crippen LogP contribution >= 0.6 is 0 Å². The number of hydrogen-bond donors (Lipinski definition) is 1. The molecule has 0 radical (unpaired) electrons. The summed E-state index contributed by atoms with van der Waals surface area (Å²) in [6.07, 6.45) is 3.53. The van der Waals surface area contributed by atoms with E-state index in [1.54, 1.807) is 12.4 Å². The van der Waals surface area contributed by atoms with Crippen LogP contribution in [-0.2, 0) is 22.8 Å². The zero-order valence-electron chi connectivity index (χ0n) is 19.4. The third-order valence-corrected chi connectivity index (χ3v) is 7.51. The van der Waals surface area contributed by atoms with Gasteiger partial charge in [0, 0.05) is 39.0 Å². The average molecular weight is 456 g/mol. The first-order valence-corrected chi connectivity index (χ1v) is 14.9. The third kappa shape index (κ3) is 5.01. The maximum Gasteiger partial charge on any atom is 0.140 e. The molecule has 0 unspecified atom stereocenters. The maximum absolute atomic E-state index is 10.1. The molecular formula is C23H33N5O3Si. The average Bonchev–Trinajstić information content (AvgIpc) is 3.23. The third-order valence-electron chi connectivity index (χ3n) is 5.80. The van der Waals surface area contributed by atoms with Gasteiger partial charge in [0.15, 0.2) is 0 Å². The molecule has 3 aromatic heterocycles. The fourth-order valence-corrected chi connectivity index (χ4v) is 4.66. The second-order valence-electron chi connectivity index (χ2n) is 9.53. The first kappa shape index (κ1) is 22.8. The van der Waals surface area contributed by atoms with Gasteiger partial charge in [0.25, 0.3) is 0 Å². The highest BCUT2D eigenvalue weighted by Crippen LogP contribution is 2.31. The minimum Gasteiger partial charge on any atom is -0.392 e. The zero-order chi connectivity index (χ0) is 22.7. The molecule has 1 N–H and O–H groups in total. The van der Waals surface area contributed by atoms with Crippen molar-refractivity contribution in [2.75, 3.05) is 31.3 Å². The van der Waals surface area contributed by atoms with Gasteiger partial charge in [0.1, 0.15) is 23.8 Å². The van der Waals surface area contributed by atoms with Crippen LogP contribution < -0.4 is 4.90 Å². The van der Waals surface area contributed by atoms with Crippen LogP contribution in [0, 0.1) is 0 Å². The Bertz CT molecular complexity index is 1070. The molecule has 1 atom stereocenters. The molecule has 1 saturated heterocycles. The van der Waals surface area contributed by atoms with Gasteiger partial charge in [0.2, 0.25) is 0 Å². The van der Waals surface area contributed by atoms with E-state index in [4.69, 9.17) is 14.5 Å². The van der Waals surface area contributed by atoms with Crippen molar-refractivity contribution in [2.24, 2.45) is 0 Å². The quantitative estimate of drug-likeness (QED) is 0.411. The molecule has 1 aliphatic rings. The molecule has 0 aromatic carbocycles. The summed E-state index contributed by atoms with van der Waals surface area (Å²) in [5.74, 6) is 0.837. The standard InChI is InChI=1S/C23H33N5O3Si/c1-17-15-30-10-9-27(17)21-13-18(14-29)19-5-7-24-23(22(19)26-21)20-6-8-25-28(20)16-31-11-12-32(2,3)4/h5-8,13,17,29H,9-12,14-16H2,1-4H3/t17-/m1/s1. The molecule has 0 saturated carbocycles. The second kappa shape index (κ2) is 9.66. The van der Waals surface area contributed by atoms with E-state index in [1.165, 1.54) is 0 Å². The van der Waals surface area contributed by atoms with E-state index >= 15 is 0 Å². The van der Waals surface area contributed by atoms with Gasteiger partial charge in [-0.15, -0.1) is 0 Å². The number of ether oxygens (including phenoxy) is 2. The van der Waals surface area contributed by atoms with Crippen molar-refractivity contribution < 1.29 is 14.6 Å². The Hall–Kier alpha value is -2.33. The normalized spacial score (nSPS) is 17.3. The zero-order valence-corrected chi connectivity index (χ0v) is 20.4. The van der Waals surface area contributed by atoms with Crippen LogP contribution in [0.3, 0.4) is 0 Å². The molecule has 0 bridgehead atoms. The summed E-state index contributed by atoms with van der Waals surface area (Å²) in [6.45, 7) is 12.3. The lowest BCUT2D eigenvalue weighted by atomic mass is 10.1. The van der Waals surface area contributed by atoms with Gasteiger partial charge in [-0.2, -0.15) is 5.10 Å². The van der Waals surface area contributed by atoms with Gasteiger partial charge < -0.3 is 19.5 Å². The minimum absolute atomic E-state index is 0.0622. The summed E-state index contributed by atoms with van der Waals surface area (Å²) in [6, 6.07) is 7.15. The fourth-order valence-electron chi connectivity index (χ4n) is 3.91. The van der Waals surface area contributed by atoms with Gasteiger partial charge in [-0.3, -0.25) is 4.98 Å². The summed E-state index contributed by atoms with van der Waals surface area (Å²) in [5.41, 5.74) is 3.19. The van der Waals surface area contributed by atoms with Crippen LogP contribution in [0.15, 0.2) is 30.6 Å². The van der Waals surface area contributed by atoms with Gasteiger partial charge in [-0.05, 0) is 36.7 Å². The Kier molecular flexibility index (Phi) is 6.90. The topological polar surface area (TPSA) is 85.5 Å². The number of hydrogen-bond acceptors (Lipinski definition) is 7. The molecule has 4 heterocycles. The van der Waals surface area contributed by atoms with E-state index in [2.05, 4.69) is 41.5 Å². The van der Waals surface area contributed by atoms with Gasteiger partial charge >= 0.3 is 0 Å². The number of anilines is 1. The van der Waals surface area contributed by atoms with Crippen LogP contribution in [0.1, 0.15) is 12.5 Å². The van der Waals surface area contributed by atoms with Crippen molar-refractivity contribution >= 4 is 24.8 Å². The van der Waals surface area contributed by atoms with Crippen LogP contribution in [0.5, 0.6) is 0 Å². The van der Waals surface area contributed by atoms with Crippen LogP contribution in [-0.4, -0.2) is 65.3 Å². The lowest BCUT2D eigenvalue weighted by molar-refractivity contribution is 0.0797. The first-order chi connectivity index (χ1) is 15.4. The number of morpholine rings is 1. The number of pyridine rings is 2. The van der Waals surface area contributed by atoms with Crippen molar-refractivity contribution in [2.45, 2.75) is 52.0 Å². The Morgan fingerprint density at radius 1 is 1.25 bits per heavy atom. The van der Waals surface area contributed by atoms with Crippen molar-refractivity contribution in [1.82, 2.24) is 19.7 Å². The number of fused-ring (bicyclic) bond motifs is 1. The predicted molar refractivity (Wildman–Crippen MR) is 128 cm³/mol. The molecule has 9 heteroatoms. The van der Waals surface area contributed by atoms with E-state index in [0.29, 0.717) is 19.9 Å². The maximum atomic E-state index is 10.1. The van der Waals surface area contributed by atoms with Crippen molar-refractivity contribution in [3.05, 3.63) is 36.2 Å². The smallest absolute Gasteiger partial charge is 0.140 e. The lowest BCUT2D eigenvalue weighted by Crippen LogP contribution is -2.44. The van der Waals surface area contributed by atoms with Crippen LogP contribution in [0.4, 0.5) is 5.82 Å². The van der Waals surface area contributed by atoms with Crippen LogP contribution in [0.25, 0.3) is 22.3 Å². The van der Waals surface area contributed by atoms with E-state index in [-0.39, 0.29) is 12.6 Å². The van der Waals surface area contributed by atoms with Crippen LogP contribution in [0.2, 0.25) is 25.7 Å². The number of rotatable bonds is 8. The SMILES string of the molecule is C[C@@H]1COCCN1c1cc(CO)c2ccnc(-c3ccnn3COCC[Si](C)(C)C)c2n1. The Labute approximate surface area is 190 Å². The highest BCUT2D eigenvalue weighted by Gasteiger charge is 2.23. The molecular weight excluding hydrogens is 422 g/mol. The summed E-state index contributed by atoms with van der Waals surface area (Å²) in [4.78, 5) is 11.9. The van der Waals surface area contributed by atoms with Crippen molar-refractivity contribution in [3.63, 3.8) is 0 Å². The lowest BCUT2D eigenvalue weighted by Gasteiger charge is -2.34. The molecule has 172 valence electrons. The number of aromatic nitrogens is 4. The van der Waals surface area contributed by atoms with E-state index in [1.807, 2.05) is 22.9 Å². The van der Waals surface area contributed by atoms with E-state index in [9.17, 15) is 5.11 Å². The highest BCUT2D eigenvalue weighted by molar-refractivity contribution is 6.76. The summed E-state index contributed by atoms with van der Waals surface area (Å²) in [7, 11) is -1.15. The summed E-state index contributed by atoms with van der Waals surface area (Å²) >= 11 is 0. The summed E-state index contributed by atoms with van der Waals surface area (Å²) in [5, 5.41) is 15.4. The molecule has 4 rings (SSSR count). The Morgan fingerprint density at radius 3 is 2.84 bits per heavy atom. The van der Waals surface area contributed by atoms with E-state index < -0.39 is 8.07 Å². The second-order valence-corrected chi connectivity index (χ2v) is 15.2. The monoisotopic (exact) mass is 455 g/mol. The molecule has 0 aliphatic carbocycles. The molecule has 1 aliphatic heterocycles. The van der Waals surface area contributed by atoms with Gasteiger partial charge in [-0.25, -0.2) is 9.67 Å². The predicted octanol–water partition coefficient (Wildman–Crippen LogP) is 3.52. The minimum atomic E-state index is -1.15. The number of nitrogens with zero attached hydrogens (tertiary/aromatic N) is 5. The molecule has 8 nitrogen and oxygen atoms in total. The fraction of sp³-hybridized carbons (Fsp3) is 0.522. The number of aliphatic hydroxyl groups excluding tert-OH is 1. The first-order valence-electron chi connectivity index (χ1n) is 11.2. The molecule has 0 amide bonds. The van der Waals surface area contributed by atoms with Crippen molar-refractivity contribution in [3.8, 4) is 11.4 Å². The molecule has 1 fully saturated rings.